The lowest BCUT2D eigenvalue weighted by Crippen LogP contribution is -2.37. The van der Waals surface area contributed by atoms with Gasteiger partial charge in [-0.2, -0.15) is 0 Å². The Kier molecular flexibility index (Phi) is 4.27. The maximum Gasteiger partial charge on any atom is 0.319 e. The molecule has 0 saturated heterocycles. The second kappa shape index (κ2) is 6.34. The van der Waals surface area contributed by atoms with Gasteiger partial charge in [-0.15, -0.1) is 0 Å². The fourth-order valence-corrected chi connectivity index (χ4v) is 2.98. The van der Waals surface area contributed by atoms with E-state index in [-0.39, 0.29) is 19.2 Å². The van der Waals surface area contributed by atoms with Crippen LogP contribution in [0.1, 0.15) is 11.1 Å². The third kappa shape index (κ3) is 2.91. The summed E-state index contributed by atoms with van der Waals surface area (Å²) in [5, 5.41) is 17.4. The van der Waals surface area contributed by atoms with Gasteiger partial charge in [0, 0.05) is 19.0 Å². The summed E-state index contributed by atoms with van der Waals surface area (Å²) in [6.07, 6.45) is 1.42. The molecule has 0 spiro atoms. The van der Waals surface area contributed by atoms with E-state index in [0.717, 1.165) is 23.9 Å². The lowest BCUT2D eigenvalue weighted by atomic mass is 10.0. The molecule has 0 fully saturated rings. The van der Waals surface area contributed by atoms with E-state index in [1.54, 1.807) is 0 Å². The van der Waals surface area contributed by atoms with Crippen molar-refractivity contribution in [2.24, 2.45) is 0 Å². The highest BCUT2D eigenvalue weighted by Crippen LogP contribution is 2.34. The molecule has 2 amide bonds. The van der Waals surface area contributed by atoms with E-state index in [4.69, 9.17) is 4.74 Å². The number of aryl methyl sites for hydroxylation is 2. The van der Waals surface area contributed by atoms with Gasteiger partial charge in [-0.1, -0.05) is 24.3 Å². The van der Waals surface area contributed by atoms with Gasteiger partial charge in [-0.25, -0.2) is 4.79 Å². The van der Waals surface area contributed by atoms with Crippen molar-refractivity contribution in [3.05, 3.63) is 41.5 Å². The van der Waals surface area contributed by atoms with Gasteiger partial charge >= 0.3 is 6.03 Å². The van der Waals surface area contributed by atoms with E-state index in [0.29, 0.717) is 0 Å². The van der Waals surface area contributed by atoms with Gasteiger partial charge in [-0.05, 0) is 35.4 Å². The molecule has 116 valence electrons. The number of carbonyl (C=O) groups is 1. The molecule has 5 nitrogen and oxygen atoms in total. The summed E-state index contributed by atoms with van der Waals surface area (Å²) in [6.45, 7) is 0.349. The van der Waals surface area contributed by atoms with Crippen LogP contribution in [0.2, 0.25) is 0 Å². The SMILES string of the molecule is COC[C@@H](O)CNC(=O)Nc1ccc2c3c(cccc13)CC2. The molecule has 2 aromatic carbocycles. The first kappa shape index (κ1) is 14.8. The number of urea groups is 1. The van der Waals surface area contributed by atoms with E-state index >= 15 is 0 Å². The fourth-order valence-electron chi connectivity index (χ4n) is 2.98. The molecule has 0 aliphatic heterocycles. The number of hydrogen-bond donors (Lipinski definition) is 3. The maximum absolute atomic E-state index is 12.0. The number of amides is 2. The number of aliphatic hydroxyl groups excluding tert-OH is 1. The van der Waals surface area contributed by atoms with E-state index < -0.39 is 6.10 Å². The Hall–Kier alpha value is -2.11. The Balaban J connectivity index is 1.74. The quantitative estimate of drug-likeness (QED) is 0.791. The molecule has 0 radical (unpaired) electrons. The normalized spacial score (nSPS) is 14.1. The Morgan fingerprint density at radius 1 is 1.27 bits per heavy atom. The predicted molar refractivity (Wildman–Crippen MR) is 86.3 cm³/mol. The van der Waals surface area contributed by atoms with Gasteiger partial charge in [0.2, 0.25) is 0 Å². The minimum atomic E-state index is -0.705. The molecule has 3 N–H and O–H groups in total. The van der Waals surface area contributed by atoms with Gasteiger partial charge in [-0.3, -0.25) is 0 Å². The zero-order valence-corrected chi connectivity index (χ0v) is 12.6. The van der Waals surface area contributed by atoms with Crippen LogP contribution in [0.25, 0.3) is 10.8 Å². The smallest absolute Gasteiger partial charge is 0.319 e. The van der Waals surface area contributed by atoms with Crippen molar-refractivity contribution in [3.63, 3.8) is 0 Å². The monoisotopic (exact) mass is 300 g/mol. The summed E-state index contributed by atoms with van der Waals surface area (Å²) in [4.78, 5) is 12.0. The first-order valence-corrected chi connectivity index (χ1v) is 7.44. The number of rotatable bonds is 5. The lowest BCUT2D eigenvalue weighted by molar-refractivity contribution is 0.0663. The molecule has 1 aliphatic rings. The summed E-state index contributed by atoms with van der Waals surface area (Å²) in [5.41, 5.74) is 3.47. The molecule has 1 aliphatic carbocycles. The highest BCUT2D eigenvalue weighted by molar-refractivity contribution is 6.04. The summed E-state index contributed by atoms with van der Waals surface area (Å²) in [6, 6.07) is 9.89. The van der Waals surface area contributed by atoms with Crippen LogP contribution in [-0.4, -0.2) is 37.5 Å². The molecule has 0 saturated carbocycles. The largest absolute Gasteiger partial charge is 0.389 e. The average Bonchev–Trinajstić information content (AvgIpc) is 2.93. The standard InChI is InChI=1S/C17H20N2O3/c1-22-10-13(20)9-18-17(21)19-15-8-7-12-6-5-11-3-2-4-14(15)16(11)12/h2-4,7-8,13,20H,5-6,9-10H2,1H3,(H2,18,19,21)/t13-/m0/s1. The second-order valence-electron chi connectivity index (χ2n) is 5.56. The number of benzene rings is 2. The highest BCUT2D eigenvalue weighted by Gasteiger charge is 2.16. The van der Waals surface area contributed by atoms with Crippen LogP contribution in [0.3, 0.4) is 0 Å². The van der Waals surface area contributed by atoms with Crippen LogP contribution >= 0.6 is 0 Å². The van der Waals surface area contributed by atoms with E-state index in [2.05, 4.69) is 22.8 Å². The second-order valence-corrected chi connectivity index (χ2v) is 5.56. The Bertz CT molecular complexity index is 689. The van der Waals surface area contributed by atoms with Crippen LogP contribution in [0.15, 0.2) is 30.3 Å². The van der Waals surface area contributed by atoms with Crippen molar-refractivity contribution >= 4 is 22.5 Å². The summed E-state index contributed by atoms with van der Waals surface area (Å²) >= 11 is 0. The topological polar surface area (TPSA) is 70.6 Å². The number of ether oxygens (including phenoxy) is 1. The molecule has 22 heavy (non-hydrogen) atoms. The molecular formula is C17H20N2O3. The molecule has 0 aromatic heterocycles. The molecule has 1 atom stereocenters. The summed E-state index contributed by atoms with van der Waals surface area (Å²) in [7, 11) is 1.51. The van der Waals surface area contributed by atoms with Crippen LogP contribution in [0.4, 0.5) is 10.5 Å². The first-order valence-electron chi connectivity index (χ1n) is 7.44. The molecule has 0 unspecified atom stereocenters. The van der Waals surface area contributed by atoms with Crippen LogP contribution in [0.5, 0.6) is 0 Å². The zero-order valence-electron chi connectivity index (χ0n) is 12.6. The number of hydrogen-bond acceptors (Lipinski definition) is 3. The van der Waals surface area contributed by atoms with Crippen LogP contribution in [0, 0.1) is 0 Å². The summed E-state index contributed by atoms with van der Waals surface area (Å²) < 4.78 is 4.82. The van der Waals surface area contributed by atoms with Crippen molar-refractivity contribution in [1.29, 1.82) is 0 Å². The van der Waals surface area contributed by atoms with E-state index in [1.165, 1.54) is 23.6 Å². The fraction of sp³-hybridized carbons (Fsp3) is 0.353. The minimum absolute atomic E-state index is 0.154. The van der Waals surface area contributed by atoms with Crippen molar-refractivity contribution in [3.8, 4) is 0 Å². The first-order chi connectivity index (χ1) is 10.7. The van der Waals surface area contributed by atoms with Gasteiger partial charge < -0.3 is 20.5 Å². The zero-order chi connectivity index (χ0) is 15.5. The third-order valence-electron chi connectivity index (χ3n) is 3.98. The van der Waals surface area contributed by atoms with Crippen molar-refractivity contribution in [2.75, 3.05) is 25.6 Å². The van der Waals surface area contributed by atoms with Crippen LogP contribution in [-0.2, 0) is 17.6 Å². The Labute approximate surface area is 129 Å². The minimum Gasteiger partial charge on any atom is -0.389 e. The molecule has 0 heterocycles. The number of aliphatic hydroxyl groups is 1. The molecule has 5 heteroatoms. The van der Waals surface area contributed by atoms with Gasteiger partial charge in [0.15, 0.2) is 0 Å². The Morgan fingerprint density at radius 3 is 2.82 bits per heavy atom. The number of nitrogens with one attached hydrogen (secondary N) is 2. The Morgan fingerprint density at radius 2 is 2.05 bits per heavy atom. The van der Waals surface area contributed by atoms with Gasteiger partial charge in [0.05, 0.1) is 18.4 Å². The van der Waals surface area contributed by atoms with Crippen molar-refractivity contribution in [1.82, 2.24) is 5.32 Å². The predicted octanol–water partition coefficient (Wildman–Crippen LogP) is 2.07. The molecule has 2 aromatic rings. The summed E-state index contributed by atoms with van der Waals surface area (Å²) in [5.74, 6) is 0. The number of anilines is 1. The van der Waals surface area contributed by atoms with Crippen molar-refractivity contribution in [2.45, 2.75) is 18.9 Å². The molecule has 3 rings (SSSR count). The van der Waals surface area contributed by atoms with Gasteiger partial charge in [0.1, 0.15) is 0 Å². The molecule has 0 bridgehead atoms. The number of methoxy groups -OCH3 is 1. The van der Waals surface area contributed by atoms with Crippen LogP contribution < -0.4 is 10.6 Å². The highest BCUT2D eigenvalue weighted by atomic mass is 16.5. The lowest BCUT2D eigenvalue weighted by Gasteiger charge is -2.13. The maximum atomic E-state index is 12.0. The number of carbonyl (C=O) groups excluding carboxylic acids is 1. The average molecular weight is 300 g/mol. The molecular weight excluding hydrogens is 280 g/mol. The van der Waals surface area contributed by atoms with E-state index in [9.17, 15) is 9.90 Å². The van der Waals surface area contributed by atoms with Gasteiger partial charge in [0.25, 0.3) is 0 Å². The third-order valence-corrected chi connectivity index (χ3v) is 3.98. The van der Waals surface area contributed by atoms with Crippen molar-refractivity contribution < 1.29 is 14.6 Å². The van der Waals surface area contributed by atoms with E-state index in [1.807, 2.05) is 18.2 Å².